The van der Waals surface area contributed by atoms with Crippen LogP contribution in [0.3, 0.4) is 0 Å². The van der Waals surface area contributed by atoms with Crippen LogP contribution in [-0.4, -0.2) is 31.7 Å². The van der Waals surface area contributed by atoms with Gasteiger partial charge in [0.05, 0.1) is 6.61 Å². The maximum atomic E-state index is 12.7. The van der Waals surface area contributed by atoms with E-state index in [-0.39, 0.29) is 18.0 Å². The minimum absolute atomic E-state index is 0.00422. The minimum Gasteiger partial charge on any atom is -0.494 e. The molecule has 0 radical (unpaired) electrons. The molecular formula is C22H21N5O3. The van der Waals surface area contributed by atoms with Crippen molar-refractivity contribution in [1.82, 2.24) is 19.2 Å². The summed E-state index contributed by atoms with van der Waals surface area (Å²) >= 11 is 0. The summed E-state index contributed by atoms with van der Waals surface area (Å²) in [6.45, 7) is 4.26. The molecule has 1 amide bonds. The summed E-state index contributed by atoms with van der Waals surface area (Å²) in [5, 5.41) is 7.18. The van der Waals surface area contributed by atoms with Crippen LogP contribution < -0.4 is 15.6 Å². The van der Waals surface area contributed by atoms with Crippen LogP contribution in [0.5, 0.6) is 5.75 Å². The second-order valence-corrected chi connectivity index (χ2v) is 6.73. The number of carbonyl (C=O) groups is 1. The Kier molecular flexibility index (Phi) is 5.30. The van der Waals surface area contributed by atoms with Crippen LogP contribution in [0, 0.1) is 6.92 Å². The van der Waals surface area contributed by atoms with Crippen LogP contribution >= 0.6 is 0 Å². The Bertz CT molecular complexity index is 1240. The van der Waals surface area contributed by atoms with Crippen molar-refractivity contribution in [2.45, 2.75) is 20.4 Å². The molecule has 2 aromatic carbocycles. The number of anilines is 1. The van der Waals surface area contributed by atoms with Crippen LogP contribution in [0.4, 0.5) is 5.69 Å². The molecule has 0 atom stereocenters. The Hall–Kier alpha value is -3.94. The van der Waals surface area contributed by atoms with E-state index in [1.165, 1.54) is 10.6 Å². The molecule has 0 bridgehead atoms. The van der Waals surface area contributed by atoms with Crippen LogP contribution in [0.15, 0.2) is 65.5 Å². The van der Waals surface area contributed by atoms with Crippen molar-refractivity contribution in [1.29, 1.82) is 0 Å². The highest BCUT2D eigenvalue weighted by molar-refractivity contribution is 5.90. The molecule has 2 aromatic heterocycles. The normalized spacial score (nSPS) is 10.9. The van der Waals surface area contributed by atoms with E-state index in [1.807, 2.05) is 37.3 Å². The zero-order valence-corrected chi connectivity index (χ0v) is 16.7. The first-order valence-electron chi connectivity index (χ1n) is 9.60. The van der Waals surface area contributed by atoms with Gasteiger partial charge in [0.2, 0.25) is 11.7 Å². The zero-order valence-electron chi connectivity index (χ0n) is 16.7. The van der Waals surface area contributed by atoms with E-state index in [0.717, 1.165) is 11.3 Å². The molecule has 2 heterocycles. The quantitative estimate of drug-likeness (QED) is 0.535. The summed E-state index contributed by atoms with van der Waals surface area (Å²) in [7, 11) is 0. The molecular weight excluding hydrogens is 382 g/mol. The van der Waals surface area contributed by atoms with E-state index < -0.39 is 0 Å². The highest BCUT2D eigenvalue weighted by Gasteiger charge is 2.15. The number of nitrogens with zero attached hydrogens (tertiary/aromatic N) is 4. The lowest BCUT2D eigenvalue weighted by Crippen LogP contribution is -2.25. The van der Waals surface area contributed by atoms with Gasteiger partial charge in [-0.05, 0) is 38.1 Å². The predicted molar refractivity (Wildman–Crippen MR) is 114 cm³/mol. The molecule has 152 valence electrons. The summed E-state index contributed by atoms with van der Waals surface area (Å²) < 4.78 is 8.30. The Balaban J connectivity index is 1.62. The summed E-state index contributed by atoms with van der Waals surface area (Å²) in [6.07, 6.45) is 0. The molecule has 8 nitrogen and oxygen atoms in total. The van der Waals surface area contributed by atoms with Crippen LogP contribution in [0.2, 0.25) is 0 Å². The van der Waals surface area contributed by atoms with E-state index in [2.05, 4.69) is 15.4 Å². The molecule has 0 aliphatic heterocycles. The van der Waals surface area contributed by atoms with Gasteiger partial charge >= 0.3 is 0 Å². The number of nitrogens with one attached hydrogen (secondary N) is 1. The third kappa shape index (κ3) is 3.93. The lowest BCUT2D eigenvalue weighted by Gasteiger charge is -2.12. The van der Waals surface area contributed by atoms with Crippen LogP contribution in [-0.2, 0) is 11.3 Å². The molecule has 30 heavy (non-hydrogen) atoms. The first-order chi connectivity index (χ1) is 14.5. The van der Waals surface area contributed by atoms with Gasteiger partial charge < -0.3 is 14.6 Å². The van der Waals surface area contributed by atoms with Gasteiger partial charge in [0.1, 0.15) is 12.3 Å². The van der Waals surface area contributed by atoms with Gasteiger partial charge in [-0.1, -0.05) is 30.3 Å². The van der Waals surface area contributed by atoms with Gasteiger partial charge in [-0.2, -0.15) is 9.50 Å². The monoisotopic (exact) mass is 403 g/mol. The molecule has 0 saturated carbocycles. The highest BCUT2D eigenvalue weighted by atomic mass is 16.5. The van der Waals surface area contributed by atoms with Crippen molar-refractivity contribution in [2.75, 3.05) is 11.9 Å². The van der Waals surface area contributed by atoms with E-state index >= 15 is 0 Å². The number of benzene rings is 2. The van der Waals surface area contributed by atoms with Crippen LogP contribution in [0.25, 0.3) is 17.2 Å². The highest BCUT2D eigenvalue weighted by Crippen LogP contribution is 2.17. The van der Waals surface area contributed by atoms with Crippen molar-refractivity contribution in [2.24, 2.45) is 0 Å². The number of hydrogen-bond acceptors (Lipinski definition) is 5. The second kappa shape index (κ2) is 8.20. The molecule has 4 aromatic rings. The maximum absolute atomic E-state index is 12.7. The topological polar surface area (TPSA) is 90.5 Å². The van der Waals surface area contributed by atoms with Gasteiger partial charge in [0, 0.05) is 23.0 Å². The van der Waals surface area contributed by atoms with Crippen molar-refractivity contribution in [3.05, 3.63) is 76.7 Å². The number of rotatable bonds is 6. The lowest BCUT2D eigenvalue weighted by atomic mass is 10.2. The molecule has 0 spiro atoms. The molecule has 8 heteroatoms. The van der Waals surface area contributed by atoms with E-state index in [4.69, 9.17) is 4.74 Å². The summed E-state index contributed by atoms with van der Waals surface area (Å²) in [6, 6.07) is 18.0. The van der Waals surface area contributed by atoms with E-state index in [9.17, 15) is 9.59 Å². The average molecular weight is 403 g/mol. The smallest absolute Gasteiger partial charge is 0.275 e. The Morgan fingerprint density at radius 2 is 1.83 bits per heavy atom. The average Bonchev–Trinajstić information content (AvgIpc) is 3.19. The number of fused-ring (bicyclic) bond motifs is 1. The predicted octanol–water partition coefficient (Wildman–Crippen LogP) is 2.90. The third-order valence-electron chi connectivity index (χ3n) is 4.58. The van der Waals surface area contributed by atoms with Crippen molar-refractivity contribution >= 4 is 17.4 Å². The molecule has 1 N–H and O–H groups in total. The van der Waals surface area contributed by atoms with Gasteiger partial charge in [-0.3, -0.25) is 9.59 Å². The first-order valence-corrected chi connectivity index (χ1v) is 9.60. The largest absolute Gasteiger partial charge is 0.494 e. The standard InChI is InChI=1S/C22H21N5O3/c1-3-30-18-11-9-17(10-12-18)23-19(28)14-26-15(2)13-20(29)27-22(26)24-21(25-27)16-7-5-4-6-8-16/h4-13H,3,14H2,1-2H3,(H,23,28). The van der Waals surface area contributed by atoms with Crippen molar-refractivity contribution in [3.8, 4) is 17.1 Å². The van der Waals surface area contributed by atoms with Crippen LogP contribution in [0.1, 0.15) is 12.6 Å². The van der Waals surface area contributed by atoms with E-state index in [1.54, 1.807) is 35.8 Å². The number of aromatic nitrogens is 4. The molecule has 0 fully saturated rings. The number of hydrogen-bond donors (Lipinski definition) is 1. The third-order valence-corrected chi connectivity index (χ3v) is 4.58. The first kappa shape index (κ1) is 19.4. The molecule has 4 rings (SSSR count). The Labute approximate surface area is 172 Å². The van der Waals surface area contributed by atoms with Gasteiger partial charge in [0.25, 0.3) is 5.56 Å². The molecule has 0 aliphatic rings. The van der Waals surface area contributed by atoms with Gasteiger partial charge in [-0.15, -0.1) is 5.10 Å². The lowest BCUT2D eigenvalue weighted by molar-refractivity contribution is -0.116. The van der Waals surface area contributed by atoms with Gasteiger partial charge in [-0.25, -0.2) is 0 Å². The molecule has 0 aliphatic carbocycles. The summed E-state index contributed by atoms with van der Waals surface area (Å²) in [5.74, 6) is 1.25. The Morgan fingerprint density at radius 1 is 1.10 bits per heavy atom. The fourth-order valence-electron chi connectivity index (χ4n) is 3.15. The van der Waals surface area contributed by atoms with Crippen molar-refractivity contribution < 1.29 is 9.53 Å². The molecule has 0 saturated heterocycles. The minimum atomic E-state index is -0.291. The number of ether oxygens (including phenoxy) is 1. The SMILES string of the molecule is CCOc1ccc(NC(=O)Cn2c(C)cc(=O)n3nc(-c4ccccc4)nc23)cc1. The fraction of sp³-hybridized carbons (Fsp3) is 0.182. The maximum Gasteiger partial charge on any atom is 0.275 e. The van der Waals surface area contributed by atoms with E-state index in [0.29, 0.717) is 29.6 Å². The van der Waals surface area contributed by atoms with Gasteiger partial charge in [0.15, 0.2) is 5.82 Å². The molecule has 0 unspecified atom stereocenters. The van der Waals surface area contributed by atoms with Crippen molar-refractivity contribution in [3.63, 3.8) is 0 Å². The number of aryl methyl sites for hydroxylation is 1. The second-order valence-electron chi connectivity index (χ2n) is 6.73. The zero-order chi connectivity index (χ0) is 21.1. The summed E-state index contributed by atoms with van der Waals surface area (Å²) in [4.78, 5) is 29.6. The number of amides is 1. The summed E-state index contributed by atoms with van der Waals surface area (Å²) in [5.41, 5.74) is 1.79. The number of carbonyl (C=O) groups excluding carboxylic acids is 1. The fourth-order valence-corrected chi connectivity index (χ4v) is 3.15. The Morgan fingerprint density at radius 3 is 2.53 bits per heavy atom.